The Balaban J connectivity index is 1.37. The second-order valence-corrected chi connectivity index (χ2v) is 6.21. The number of rotatable bonds is 8. The first-order valence-electron chi connectivity index (χ1n) is 8.15. The molecule has 2 atom stereocenters. The Morgan fingerprint density at radius 3 is 3.04 bits per heavy atom. The molecule has 2 aliphatic rings. The third-order valence-electron chi connectivity index (χ3n) is 4.05. The highest BCUT2D eigenvalue weighted by atomic mass is 16.7. The Labute approximate surface area is 136 Å². The summed E-state index contributed by atoms with van der Waals surface area (Å²) < 4.78 is 21.7. The average Bonchev–Trinajstić information content (AvgIpc) is 3.17. The second kappa shape index (κ2) is 7.97. The molecule has 6 nitrogen and oxygen atoms in total. The molecule has 0 spiro atoms. The van der Waals surface area contributed by atoms with Gasteiger partial charge in [-0.15, -0.1) is 0 Å². The van der Waals surface area contributed by atoms with Crippen molar-refractivity contribution in [1.29, 1.82) is 0 Å². The van der Waals surface area contributed by atoms with E-state index < -0.39 is 6.10 Å². The summed E-state index contributed by atoms with van der Waals surface area (Å²) in [6, 6.07) is 5.93. The fourth-order valence-electron chi connectivity index (χ4n) is 2.94. The highest BCUT2D eigenvalue weighted by molar-refractivity contribution is 5.44. The highest BCUT2D eigenvalue weighted by Crippen LogP contribution is 2.32. The molecule has 3 rings (SSSR count). The minimum atomic E-state index is -0.504. The molecule has 0 saturated carbocycles. The first-order chi connectivity index (χ1) is 11.2. The SMILES string of the molecule is CN(Cc1ccc2c(c1)OCO2)CC(O)COCC1CCCO1. The zero-order chi connectivity index (χ0) is 16.1. The fourth-order valence-corrected chi connectivity index (χ4v) is 2.94. The van der Waals surface area contributed by atoms with Crippen LogP contribution >= 0.6 is 0 Å². The van der Waals surface area contributed by atoms with Gasteiger partial charge in [0.05, 0.1) is 25.4 Å². The molecule has 1 aromatic rings. The zero-order valence-corrected chi connectivity index (χ0v) is 13.6. The minimum Gasteiger partial charge on any atom is -0.454 e. The van der Waals surface area contributed by atoms with Gasteiger partial charge in [0.2, 0.25) is 6.79 Å². The van der Waals surface area contributed by atoms with Gasteiger partial charge in [-0.05, 0) is 37.6 Å². The number of nitrogens with zero attached hydrogens (tertiary/aromatic N) is 1. The van der Waals surface area contributed by atoms with E-state index in [4.69, 9.17) is 18.9 Å². The predicted octanol–water partition coefficient (Wildman–Crippen LogP) is 1.40. The molecule has 0 radical (unpaired) electrons. The number of hydrogen-bond donors (Lipinski definition) is 1. The maximum atomic E-state index is 10.1. The van der Waals surface area contributed by atoms with Crippen LogP contribution in [0.4, 0.5) is 0 Å². The van der Waals surface area contributed by atoms with E-state index in [0.717, 1.165) is 43.1 Å². The lowest BCUT2D eigenvalue weighted by molar-refractivity contribution is -0.0238. The molecular formula is C17H25NO5. The summed E-state index contributed by atoms with van der Waals surface area (Å²) in [7, 11) is 1.98. The summed E-state index contributed by atoms with van der Waals surface area (Å²) in [5.74, 6) is 1.58. The van der Waals surface area contributed by atoms with Crippen molar-refractivity contribution < 1.29 is 24.1 Å². The summed E-state index contributed by atoms with van der Waals surface area (Å²) >= 11 is 0. The highest BCUT2D eigenvalue weighted by Gasteiger charge is 2.17. The topological polar surface area (TPSA) is 60.4 Å². The molecule has 1 fully saturated rings. The molecule has 2 aliphatic heterocycles. The van der Waals surface area contributed by atoms with Gasteiger partial charge >= 0.3 is 0 Å². The number of hydrogen-bond acceptors (Lipinski definition) is 6. The molecule has 128 valence electrons. The number of aliphatic hydroxyl groups is 1. The van der Waals surface area contributed by atoms with Crippen LogP contribution in [0.5, 0.6) is 11.5 Å². The summed E-state index contributed by atoms with van der Waals surface area (Å²) in [5.41, 5.74) is 1.13. The van der Waals surface area contributed by atoms with Crippen LogP contribution in [0.1, 0.15) is 18.4 Å². The fraction of sp³-hybridized carbons (Fsp3) is 0.647. The summed E-state index contributed by atoms with van der Waals surface area (Å²) in [4.78, 5) is 2.07. The first-order valence-corrected chi connectivity index (χ1v) is 8.15. The number of ether oxygens (including phenoxy) is 4. The van der Waals surface area contributed by atoms with Crippen LogP contribution in [-0.4, -0.2) is 62.4 Å². The number of fused-ring (bicyclic) bond motifs is 1. The van der Waals surface area contributed by atoms with Gasteiger partial charge in [-0.3, -0.25) is 4.90 Å². The molecule has 6 heteroatoms. The largest absolute Gasteiger partial charge is 0.454 e. The van der Waals surface area contributed by atoms with Gasteiger partial charge in [0.15, 0.2) is 11.5 Å². The maximum absolute atomic E-state index is 10.1. The van der Waals surface area contributed by atoms with Crippen LogP contribution in [0.2, 0.25) is 0 Å². The van der Waals surface area contributed by atoms with Crippen molar-refractivity contribution in [3.8, 4) is 11.5 Å². The lowest BCUT2D eigenvalue weighted by atomic mass is 10.2. The molecule has 1 N–H and O–H groups in total. The van der Waals surface area contributed by atoms with E-state index in [1.807, 2.05) is 25.2 Å². The standard InChI is InChI=1S/C17H25NO5/c1-18(8-13-4-5-16-17(7-13)23-12-22-16)9-14(19)10-20-11-15-3-2-6-21-15/h4-5,7,14-15,19H,2-3,6,8-12H2,1H3. The molecule has 23 heavy (non-hydrogen) atoms. The molecule has 2 heterocycles. The van der Waals surface area contributed by atoms with Crippen LogP contribution < -0.4 is 9.47 Å². The van der Waals surface area contributed by atoms with Gasteiger partial charge in [0.1, 0.15) is 0 Å². The van der Waals surface area contributed by atoms with E-state index in [1.165, 1.54) is 0 Å². The number of likely N-dealkylation sites (N-methyl/N-ethyl adjacent to an activating group) is 1. The first kappa shape index (κ1) is 16.5. The molecule has 0 bridgehead atoms. The molecule has 1 saturated heterocycles. The van der Waals surface area contributed by atoms with Crippen molar-refractivity contribution in [3.05, 3.63) is 23.8 Å². The van der Waals surface area contributed by atoms with Crippen LogP contribution in [-0.2, 0) is 16.0 Å². The van der Waals surface area contributed by atoms with Gasteiger partial charge < -0.3 is 24.1 Å². The summed E-state index contributed by atoms with van der Waals surface area (Å²) in [6.45, 7) is 3.32. The van der Waals surface area contributed by atoms with Gasteiger partial charge in [-0.1, -0.05) is 6.07 Å². The van der Waals surface area contributed by atoms with Crippen LogP contribution in [0.15, 0.2) is 18.2 Å². The number of aliphatic hydroxyl groups excluding tert-OH is 1. The van der Waals surface area contributed by atoms with Crippen molar-refractivity contribution >= 4 is 0 Å². The van der Waals surface area contributed by atoms with E-state index >= 15 is 0 Å². The lowest BCUT2D eigenvalue weighted by Crippen LogP contribution is -2.32. The number of benzene rings is 1. The second-order valence-electron chi connectivity index (χ2n) is 6.21. The van der Waals surface area contributed by atoms with Crippen LogP contribution in [0.3, 0.4) is 0 Å². The van der Waals surface area contributed by atoms with E-state index in [2.05, 4.69) is 4.90 Å². The normalized spacial score (nSPS) is 21.1. The van der Waals surface area contributed by atoms with Crippen LogP contribution in [0, 0.1) is 0 Å². The van der Waals surface area contributed by atoms with Crippen molar-refractivity contribution in [3.63, 3.8) is 0 Å². The lowest BCUT2D eigenvalue weighted by Gasteiger charge is -2.21. The van der Waals surface area contributed by atoms with Crippen molar-refractivity contribution in [2.45, 2.75) is 31.6 Å². The molecular weight excluding hydrogens is 298 g/mol. The zero-order valence-electron chi connectivity index (χ0n) is 13.6. The van der Waals surface area contributed by atoms with Gasteiger partial charge in [0, 0.05) is 19.7 Å². The van der Waals surface area contributed by atoms with E-state index in [9.17, 15) is 5.11 Å². The monoisotopic (exact) mass is 323 g/mol. The summed E-state index contributed by atoms with van der Waals surface area (Å²) in [6.07, 6.45) is 1.86. The summed E-state index contributed by atoms with van der Waals surface area (Å²) in [5, 5.41) is 10.1. The quantitative estimate of drug-likeness (QED) is 0.780. The minimum absolute atomic E-state index is 0.202. The molecule has 1 aromatic carbocycles. The smallest absolute Gasteiger partial charge is 0.231 e. The van der Waals surface area contributed by atoms with E-state index in [1.54, 1.807) is 0 Å². The van der Waals surface area contributed by atoms with Crippen molar-refractivity contribution in [2.75, 3.05) is 40.2 Å². The Morgan fingerprint density at radius 1 is 1.35 bits per heavy atom. The molecule has 2 unspecified atom stereocenters. The Morgan fingerprint density at radius 2 is 2.22 bits per heavy atom. The maximum Gasteiger partial charge on any atom is 0.231 e. The molecule has 0 amide bonds. The third kappa shape index (κ3) is 4.81. The van der Waals surface area contributed by atoms with Gasteiger partial charge in [-0.2, -0.15) is 0 Å². The third-order valence-corrected chi connectivity index (χ3v) is 4.05. The average molecular weight is 323 g/mol. The molecule has 0 aromatic heterocycles. The van der Waals surface area contributed by atoms with Crippen molar-refractivity contribution in [1.82, 2.24) is 4.90 Å². The Hall–Kier alpha value is -1.34. The predicted molar refractivity (Wildman–Crippen MR) is 84.7 cm³/mol. The van der Waals surface area contributed by atoms with Gasteiger partial charge in [0.25, 0.3) is 0 Å². The van der Waals surface area contributed by atoms with Gasteiger partial charge in [-0.25, -0.2) is 0 Å². The van der Waals surface area contributed by atoms with Crippen LogP contribution in [0.25, 0.3) is 0 Å². The molecule has 0 aliphatic carbocycles. The van der Waals surface area contributed by atoms with Crippen molar-refractivity contribution in [2.24, 2.45) is 0 Å². The Bertz CT molecular complexity index is 504. The van der Waals surface area contributed by atoms with E-state index in [0.29, 0.717) is 19.8 Å². The van der Waals surface area contributed by atoms with E-state index in [-0.39, 0.29) is 12.9 Å². The Kier molecular flexibility index (Phi) is 5.72.